The Bertz CT molecular complexity index is 716. The molecule has 3 aromatic rings. The molecule has 0 radical (unpaired) electrons. The van der Waals surface area contributed by atoms with E-state index in [-0.39, 0.29) is 11.3 Å². The maximum Gasteiger partial charge on any atom is 0.196 e. The summed E-state index contributed by atoms with van der Waals surface area (Å²) in [4.78, 5) is 0. The number of pyridine rings is 1. The molecule has 104 valence electrons. The van der Waals surface area contributed by atoms with Gasteiger partial charge in [0.05, 0.1) is 11.4 Å². The Kier molecular flexibility index (Phi) is 3.45. The third kappa shape index (κ3) is 2.41. The van der Waals surface area contributed by atoms with Crippen LogP contribution < -0.4 is 5.73 Å². The van der Waals surface area contributed by atoms with Gasteiger partial charge in [-0.3, -0.25) is 9.08 Å². The summed E-state index contributed by atoms with van der Waals surface area (Å²) in [7, 11) is 1.90. The van der Waals surface area contributed by atoms with Gasteiger partial charge in [-0.2, -0.15) is 5.10 Å². The maximum absolute atomic E-state index is 6.12. The quantitative estimate of drug-likeness (QED) is 0.739. The van der Waals surface area contributed by atoms with Crippen LogP contribution in [0.2, 0.25) is 0 Å². The van der Waals surface area contributed by atoms with Crippen LogP contribution in [0.3, 0.4) is 0 Å². The Morgan fingerprint density at radius 1 is 1.30 bits per heavy atom. The summed E-state index contributed by atoms with van der Waals surface area (Å²) in [5.74, 6) is 0. The predicted molar refractivity (Wildman–Crippen MR) is 78.4 cm³/mol. The predicted octanol–water partition coefficient (Wildman–Crippen LogP) is 1.64. The lowest BCUT2D eigenvalue weighted by Crippen LogP contribution is -2.22. The minimum absolute atomic E-state index is 0.0136. The second kappa shape index (κ2) is 5.26. The van der Waals surface area contributed by atoms with Crippen molar-refractivity contribution < 1.29 is 0 Å². The largest absolute Gasteiger partial charge is 0.327 e. The van der Waals surface area contributed by atoms with E-state index in [1.807, 2.05) is 55.2 Å². The first-order chi connectivity index (χ1) is 9.65. The highest BCUT2D eigenvalue weighted by atomic mass is 32.2. The average molecular weight is 288 g/mol. The highest BCUT2D eigenvalue weighted by Crippen LogP contribution is 2.35. The van der Waals surface area contributed by atoms with E-state index in [2.05, 4.69) is 15.3 Å². The SMILES string of the molecule is CC(N)C(Sc1nnc2ccccn12)c1cnn(C)c1. The van der Waals surface area contributed by atoms with Crippen LogP contribution >= 0.6 is 11.8 Å². The first-order valence-corrected chi connectivity index (χ1v) is 7.23. The molecule has 20 heavy (non-hydrogen) atoms. The highest BCUT2D eigenvalue weighted by molar-refractivity contribution is 7.99. The van der Waals surface area contributed by atoms with Gasteiger partial charge in [0.15, 0.2) is 10.8 Å². The molecule has 0 aliphatic rings. The minimum atomic E-state index is -0.0136. The molecule has 0 fully saturated rings. The number of aromatic nitrogens is 5. The zero-order chi connectivity index (χ0) is 14.1. The first kappa shape index (κ1) is 13.1. The third-order valence-electron chi connectivity index (χ3n) is 3.05. The van der Waals surface area contributed by atoms with E-state index < -0.39 is 0 Å². The van der Waals surface area contributed by atoms with Crippen molar-refractivity contribution in [2.45, 2.75) is 23.4 Å². The lowest BCUT2D eigenvalue weighted by Gasteiger charge is -2.17. The van der Waals surface area contributed by atoms with Crippen molar-refractivity contribution in [3.63, 3.8) is 0 Å². The first-order valence-electron chi connectivity index (χ1n) is 6.35. The Hall–Kier alpha value is -1.86. The van der Waals surface area contributed by atoms with Crippen LogP contribution in [0.5, 0.6) is 0 Å². The summed E-state index contributed by atoms with van der Waals surface area (Å²) >= 11 is 1.61. The molecule has 0 saturated carbocycles. The Balaban J connectivity index is 1.94. The van der Waals surface area contributed by atoms with Gasteiger partial charge in [0.2, 0.25) is 0 Å². The molecule has 2 N–H and O–H groups in total. The average Bonchev–Trinajstić information content (AvgIpc) is 3.02. The molecule has 0 spiro atoms. The number of fused-ring (bicyclic) bond motifs is 1. The maximum atomic E-state index is 6.12. The normalized spacial score (nSPS) is 14.6. The lowest BCUT2D eigenvalue weighted by molar-refractivity contribution is 0.714. The van der Waals surface area contributed by atoms with Crippen LogP contribution in [0.25, 0.3) is 5.65 Å². The number of thioether (sulfide) groups is 1. The molecule has 3 rings (SSSR count). The number of nitrogens with zero attached hydrogens (tertiary/aromatic N) is 5. The topological polar surface area (TPSA) is 74.0 Å². The van der Waals surface area contributed by atoms with E-state index in [1.54, 1.807) is 16.4 Å². The second-order valence-corrected chi connectivity index (χ2v) is 5.87. The summed E-state index contributed by atoms with van der Waals surface area (Å²) < 4.78 is 3.75. The van der Waals surface area contributed by atoms with Crippen LogP contribution in [-0.2, 0) is 7.05 Å². The van der Waals surface area contributed by atoms with E-state index in [0.29, 0.717) is 0 Å². The van der Waals surface area contributed by atoms with E-state index in [1.165, 1.54) is 0 Å². The van der Waals surface area contributed by atoms with Crippen LogP contribution in [0.1, 0.15) is 17.7 Å². The van der Waals surface area contributed by atoms with Crippen molar-refractivity contribution in [3.8, 4) is 0 Å². The Morgan fingerprint density at radius 2 is 2.15 bits per heavy atom. The molecule has 0 amide bonds. The number of rotatable bonds is 4. The van der Waals surface area contributed by atoms with Crippen LogP contribution in [0.15, 0.2) is 41.9 Å². The molecule has 6 nitrogen and oxygen atoms in total. The third-order valence-corrected chi connectivity index (χ3v) is 4.49. The molecular formula is C13H16N6S. The number of hydrogen-bond acceptors (Lipinski definition) is 5. The van der Waals surface area contributed by atoms with Crippen molar-refractivity contribution in [3.05, 3.63) is 42.4 Å². The van der Waals surface area contributed by atoms with Crippen LogP contribution in [-0.4, -0.2) is 30.4 Å². The summed E-state index contributed by atoms with van der Waals surface area (Å²) in [6.45, 7) is 1.99. The molecule has 0 aromatic carbocycles. The zero-order valence-corrected chi connectivity index (χ0v) is 12.2. The van der Waals surface area contributed by atoms with E-state index in [4.69, 9.17) is 5.73 Å². The molecule has 0 aliphatic heterocycles. The van der Waals surface area contributed by atoms with E-state index in [0.717, 1.165) is 16.4 Å². The van der Waals surface area contributed by atoms with Crippen LogP contribution in [0.4, 0.5) is 0 Å². The number of hydrogen-bond donors (Lipinski definition) is 1. The molecule has 2 unspecified atom stereocenters. The van der Waals surface area contributed by atoms with E-state index >= 15 is 0 Å². The van der Waals surface area contributed by atoms with Crippen molar-refractivity contribution in [1.29, 1.82) is 0 Å². The fourth-order valence-electron chi connectivity index (χ4n) is 2.08. The monoisotopic (exact) mass is 288 g/mol. The molecule has 3 aromatic heterocycles. The van der Waals surface area contributed by atoms with Gasteiger partial charge in [0.1, 0.15) is 0 Å². The molecule has 0 aliphatic carbocycles. The van der Waals surface area contributed by atoms with Crippen molar-refractivity contribution >= 4 is 17.4 Å². The van der Waals surface area contributed by atoms with E-state index in [9.17, 15) is 0 Å². The smallest absolute Gasteiger partial charge is 0.196 e. The molecule has 7 heteroatoms. The molecule has 3 heterocycles. The Morgan fingerprint density at radius 3 is 2.85 bits per heavy atom. The molecular weight excluding hydrogens is 272 g/mol. The molecule has 0 bridgehead atoms. The van der Waals surface area contributed by atoms with Gasteiger partial charge in [0.25, 0.3) is 0 Å². The van der Waals surface area contributed by atoms with Crippen molar-refractivity contribution in [2.24, 2.45) is 12.8 Å². The van der Waals surface area contributed by atoms with Gasteiger partial charge in [0, 0.05) is 31.0 Å². The number of aryl methyl sites for hydroxylation is 1. The van der Waals surface area contributed by atoms with Crippen LogP contribution in [0, 0.1) is 0 Å². The summed E-state index contributed by atoms with van der Waals surface area (Å²) in [5.41, 5.74) is 8.06. The lowest BCUT2D eigenvalue weighted by atomic mass is 10.1. The van der Waals surface area contributed by atoms with Gasteiger partial charge in [-0.1, -0.05) is 17.8 Å². The van der Waals surface area contributed by atoms with Gasteiger partial charge in [-0.05, 0) is 19.1 Å². The Labute approximate surface area is 121 Å². The summed E-state index contributed by atoms with van der Waals surface area (Å²) in [6, 6.07) is 5.83. The van der Waals surface area contributed by atoms with Gasteiger partial charge < -0.3 is 5.73 Å². The van der Waals surface area contributed by atoms with Crippen molar-refractivity contribution in [2.75, 3.05) is 0 Å². The fourth-order valence-corrected chi connectivity index (χ4v) is 3.13. The second-order valence-electron chi connectivity index (χ2n) is 4.76. The van der Waals surface area contributed by atoms with Gasteiger partial charge in [-0.25, -0.2) is 0 Å². The molecule has 2 atom stereocenters. The standard InChI is InChI=1S/C13H16N6S/c1-9(14)12(10-7-15-18(2)8-10)20-13-17-16-11-5-3-4-6-19(11)13/h3-9,12H,14H2,1-2H3. The minimum Gasteiger partial charge on any atom is -0.327 e. The molecule has 0 saturated heterocycles. The zero-order valence-electron chi connectivity index (χ0n) is 11.3. The summed E-state index contributed by atoms with van der Waals surface area (Å²) in [6.07, 6.45) is 5.80. The highest BCUT2D eigenvalue weighted by Gasteiger charge is 2.21. The fraction of sp³-hybridized carbons (Fsp3) is 0.308. The number of nitrogens with two attached hydrogens (primary N) is 1. The summed E-state index contributed by atoms with van der Waals surface area (Å²) in [5, 5.41) is 13.6. The van der Waals surface area contributed by atoms with Gasteiger partial charge in [-0.15, -0.1) is 10.2 Å². The van der Waals surface area contributed by atoms with Crippen molar-refractivity contribution in [1.82, 2.24) is 24.4 Å². The van der Waals surface area contributed by atoms with Gasteiger partial charge >= 0.3 is 0 Å².